The van der Waals surface area contributed by atoms with Crippen LogP contribution < -0.4 is 0 Å². The Hall–Kier alpha value is -0.760. The van der Waals surface area contributed by atoms with Gasteiger partial charge in [0.15, 0.2) is 0 Å². The number of benzene rings is 1. The average molecular weight is 307 g/mol. The van der Waals surface area contributed by atoms with Gasteiger partial charge in [-0.2, -0.15) is 0 Å². The quantitative estimate of drug-likeness (QED) is 0.497. The Balaban J connectivity index is 1.93. The molecule has 2 heteroatoms. The lowest BCUT2D eigenvalue weighted by Crippen LogP contribution is -2.02. The van der Waals surface area contributed by atoms with E-state index in [2.05, 4.69) is 47.1 Å². The van der Waals surface area contributed by atoms with Gasteiger partial charge < -0.3 is 4.42 Å². The Bertz CT molecular complexity index is 543. The highest BCUT2D eigenvalue weighted by molar-refractivity contribution is 9.09. The number of rotatable bonds is 1. The van der Waals surface area contributed by atoms with E-state index in [1.54, 1.807) is 0 Å². The van der Waals surface area contributed by atoms with Gasteiger partial charge >= 0.3 is 0 Å². The zero-order chi connectivity index (χ0) is 12.5. The van der Waals surface area contributed by atoms with E-state index in [4.69, 9.17) is 4.42 Å². The van der Waals surface area contributed by atoms with Crippen LogP contribution in [0.2, 0.25) is 0 Å². The van der Waals surface area contributed by atoms with Crippen molar-refractivity contribution in [3.05, 3.63) is 35.6 Å². The molecule has 2 unspecified atom stereocenters. The summed E-state index contributed by atoms with van der Waals surface area (Å²) in [5.74, 6) is 1.77. The molecule has 1 nitrogen and oxygen atoms in total. The third-order valence-electron chi connectivity index (χ3n) is 3.95. The second-order valence-corrected chi connectivity index (χ2v) is 6.80. The van der Waals surface area contributed by atoms with Crippen molar-refractivity contribution in [1.82, 2.24) is 0 Å². The monoisotopic (exact) mass is 306 g/mol. The Morgan fingerprint density at radius 3 is 2.89 bits per heavy atom. The molecule has 1 heterocycles. The van der Waals surface area contributed by atoms with Crippen molar-refractivity contribution in [1.29, 1.82) is 0 Å². The fourth-order valence-electron chi connectivity index (χ4n) is 2.94. The molecule has 1 aromatic carbocycles. The molecule has 18 heavy (non-hydrogen) atoms. The number of halogens is 1. The molecule has 1 saturated carbocycles. The van der Waals surface area contributed by atoms with Crippen molar-refractivity contribution in [2.75, 3.05) is 0 Å². The van der Waals surface area contributed by atoms with Gasteiger partial charge in [-0.15, -0.1) is 0 Å². The van der Waals surface area contributed by atoms with Crippen LogP contribution in [0.25, 0.3) is 11.0 Å². The van der Waals surface area contributed by atoms with E-state index in [0.29, 0.717) is 10.7 Å². The van der Waals surface area contributed by atoms with Crippen LogP contribution in [0.1, 0.15) is 49.3 Å². The first-order chi connectivity index (χ1) is 8.72. The summed E-state index contributed by atoms with van der Waals surface area (Å²) in [7, 11) is 0. The maximum absolute atomic E-state index is 6.05. The second-order valence-electron chi connectivity index (χ2n) is 5.50. The molecule has 1 fully saturated rings. The van der Waals surface area contributed by atoms with Gasteiger partial charge in [-0.25, -0.2) is 0 Å². The largest absolute Gasteiger partial charge is 0.461 e. The van der Waals surface area contributed by atoms with Crippen LogP contribution in [0.15, 0.2) is 28.7 Å². The molecule has 0 saturated heterocycles. The van der Waals surface area contributed by atoms with Crippen LogP contribution in [-0.4, -0.2) is 4.83 Å². The third kappa shape index (κ3) is 2.49. The topological polar surface area (TPSA) is 13.1 Å². The van der Waals surface area contributed by atoms with E-state index in [0.717, 1.165) is 5.58 Å². The molecule has 1 aliphatic rings. The standard InChI is InChI=1S/C16H19BrO/c1-11-6-7-15-13(8-11)10-16(18-15)12-4-2-3-5-14(17)9-12/h6-8,10,12,14H,2-5,9H2,1H3. The predicted octanol–water partition coefficient (Wildman–Crippen LogP) is 5.55. The second kappa shape index (κ2) is 5.08. The predicted molar refractivity (Wildman–Crippen MR) is 79.5 cm³/mol. The first-order valence-corrected chi connectivity index (χ1v) is 7.78. The average Bonchev–Trinajstić information content (AvgIpc) is 2.63. The summed E-state index contributed by atoms with van der Waals surface area (Å²) < 4.78 is 6.05. The summed E-state index contributed by atoms with van der Waals surface area (Å²) in [6.07, 6.45) is 6.43. The Labute approximate surface area is 117 Å². The van der Waals surface area contributed by atoms with Crippen molar-refractivity contribution in [3.63, 3.8) is 0 Å². The summed E-state index contributed by atoms with van der Waals surface area (Å²) in [5, 5.41) is 1.25. The Morgan fingerprint density at radius 2 is 2.00 bits per heavy atom. The van der Waals surface area contributed by atoms with Crippen molar-refractivity contribution >= 4 is 26.9 Å². The van der Waals surface area contributed by atoms with Crippen LogP contribution in [0.4, 0.5) is 0 Å². The Morgan fingerprint density at radius 1 is 1.17 bits per heavy atom. The lowest BCUT2D eigenvalue weighted by Gasteiger charge is -2.13. The smallest absolute Gasteiger partial charge is 0.134 e. The van der Waals surface area contributed by atoms with Crippen LogP contribution in [-0.2, 0) is 0 Å². The first kappa shape index (κ1) is 12.3. The summed E-state index contributed by atoms with van der Waals surface area (Å²) >= 11 is 3.79. The highest BCUT2D eigenvalue weighted by atomic mass is 79.9. The number of aryl methyl sites for hydroxylation is 1. The number of hydrogen-bond acceptors (Lipinski definition) is 1. The molecule has 0 radical (unpaired) electrons. The van der Waals surface area contributed by atoms with Gasteiger partial charge in [0, 0.05) is 16.1 Å². The maximum Gasteiger partial charge on any atom is 0.134 e. The molecule has 0 spiro atoms. The lowest BCUT2D eigenvalue weighted by atomic mass is 9.97. The van der Waals surface area contributed by atoms with Gasteiger partial charge in [-0.1, -0.05) is 40.4 Å². The molecular formula is C16H19BrO. The van der Waals surface area contributed by atoms with E-state index < -0.39 is 0 Å². The minimum absolute atomic E-state index is 0.588. The summed E-state index contributed by atoms with van der Waals surface area (Å²) in [5.41, 5.74) is 2.33. The minimum Gasteiger partial charge on any atom is -0.461 e. The maximum atomic E-state index is 6.05. The molecule has 1 aliphatic carbocycles. The zero-order valence-electron chi connectivity index (χ0n) is 10.8. The lowest BCUT2D eigenvalue weighted by molar-refractivity contribution is 0.459. The van der Waals surface area contributed by atoms with Crippen molar-refractivity contribution < 1.29 is 4.42 Å². The van der Waals surface area contributed by atoms with E-state index >= 15 is 0 Å². The minimum atomic E-state index is 0.588. The number of alkyl halides is 1. The van der Waals surface area contributed by atoms with E-state index in [9.17, 15) is 0 Å². The van der Waals surface area contributed by atoms with Crippen molar-refractivity contribution in [2.45, 2.75) is 49.8 Å². The number of hydrogen-bond donors (Lipinski definition) is 0. The van der Waals surface area contributed by atoms with Crippen LogP contribution in [0, 0.1) is 6.92 Å². The summed E-state index contributed by atoms with van der Waals surface area (Å²) in [4.78, 5) is 0.653. The third-order valence-corrected chi connectivity index (χ3v) is 4.79. The van der Waals surface area contributed by atoms with E-state index in [1.807, 2.05) is 0 Å². The van der Waals surface area contributed by atoms with Gasteiger partial charge in [0.1, 0.15) is 11.3 Å². The highest BCUT2D eigenvalue weighted by Gasteiger charge is 2.22. The molecule has 0 amide bonds. The van der Waals surface area contributed by atoms with Crippen molar-refractivity contribution in [2.24, 2.45) is 0 Å². The summed E-state index contributed by atoms with van der Waals surface area (Å²) in [6, 6.07) is 8.68. The number of fused-ring (bicyclic) bond motifs is 1. The molecule has 3 rings (SSSR count). The van der Waals surface area contributed by atoms with Crippen LogP contribution in [0.3, 0.4) is 0 Å². The fraction of sp³-hybridized carbons (Fsp3) is 0.500. The SMILES string of the molecule is Cc1ccc2oc(C3CCCCC(Br)C3)cc2c1. The Kier molecular flexibility index (Phi) is 3.47. The number of furan rings is 1. The van der Waals surface area contributed by atoms with Gasteiger partial charge in [0.05, 0.1) is 0 Å². The molecule has 0 N–H and O–H groups in total. The van der Waals surface area contributed by atoms with E-state index in [-0.39, 0.29) is 0 Å². The fourth-order valence-corrected chi connectivity index (χ4v) is 3.72. The van der Waals surface area contributed by atoms with Crippen LogP contribution >= 0.6 is 15.9 Å². The molecule has 2 atom stereocenters. The van der Waals surface area contributed by atoms with Gasteiger partial charge in [-0.3, -0.25) is 0 Å². The molecular weight excluding hydrogens is 288 g/mol. The molecule has 96 valence electrons. The normalized spacial score (nSPS) is 25.2. The molecule has 0 aliphatic heterocycles. The highest BCUT2D eigenvalue weighted by Crippen LogP contribution is 2.37. The molecule has 1 aromatic heterocycles. The molecule has 0 bridgehead atoms. The van der Waals surface area contributed by atoms with Crippen molar-refractivity contribution in [3.8, 4) is 0 Å². The van der Waals surface area contributed by atoms with Gasteiger partial charge in [0.2, 0.25) is 0 Å². The van der Waals surface area contributed by atoms with Gasteiger partial charge in [0.25, 0.3) is 0 Å². The van der Waals surface area contributed by atoms with E-state index in [1.165, 1.54) is 48.8 Å². The van der Waals surface area contributed by atoms with Gasteiger partial charge in [-0.05, 0) is 44.4 Å². The summed E-state index contributed by atoms with van der Waals surface area (Å²) in [6.45, 7) is 2.13. The van der Waals surface area contributed by atoms with Crippen LogP contribution in [0.5, 0.6) is 0 Å². The zero-order valence-corrected chi connectivity index (χ0v) is 12.4. The first-order valence-electron chi connectivity index (χ1n) is 6.86. The molecule has 2 aromatic rings.